The molecule has 1 N–H and O–H groups in total. The SMILES string of the molecule is CN=C(NCC(C)Oc1ccc(OC)cc1)N1CCC(OCC2CCCO2)CC1. The molecule has 0 spiro atoms. The molecule has 0 radical (unpaired) electrons. The first-order valence-electron chi connectivity index (χ1n) is 10.7. The van der Waals surface area contributed by atoms with Crippen LogP contribution in [-0.2, 0) is 9.47 Å². The van der Waals surface area contributed by atoms with Gasteiger partial charge in [0.1, 0.15) is 17.6 Å². The van der Waals surface area contributed by atoms with E-state index >= 15 is 0 Å². The Morgan fingerprint density at radius 3 is 2.55 bits per heavy atom. The summed E-state index contributed by atoms with van der Waals surface area (Å²) in [5.74, 6) is 2.58. The molecule has 7 heteroatoms. The first-order valence-corrected chi connectivity index (χ1v) is 10.7. The van der Waals surface area contributed by atoms with Gasteiger partial charge in [-0.3, -0.25) is 4.99 Å². The van der Waals surface area contributed by atoms with Crippen LogP contribution in [0.3, 0.4) is 0 Å². The van der Waals surface area contributed by atoms with Crippen molar-refractivity contribution in [2.75, 3.05) is 47.0 Å². The van der Waals surface area contributed by atoms with E-state index in [0.717, 1.165) is 69.4 Å². The number of methoxy groups -OCH3 is 1. The normalized spacial score (nSPS) is 21.8. The van der Waals surface area contributed by atoms with Crippen molar-refractivity contribution in [2.24, 2.45) is 4.99 Å². The summed E-state index contributed by atoms with van der Waals surface area (Å²) in [6.07, 6.45) is 4.98. The second-order valence-corrected chi connectivity index (χ2v) is 7.69. The molecule has 29 heavy (non-hydrogen) atoms. The largest absolute Gasteiger partial charge is 0.497 e. The molecule has 0 bridgehead atoms. The van der Waals surface area contributed by atoms with Crippen molar-refractivity contribution >= 4 is 5.96 Å². The summed E-state index contributed by atoms with van der Waals surface area (Å²) in [5, 5.41) is 3.44. The van der Waals surface area contributed by atoms with Gasteiger partial charge in [-0.2, -0.15) is 0 Å². The van der Waals surface area contributed by atoms with Gasteiger partial charge < -0.3 is 29.2 Å². The van der Waals surface area contributed by atoms with Crippen molar-refractivity contribution in [3.63, 3.8) is 0 Å². The smallest absolute Gasteiger partial charge is 0.193 e. The molecule has 2 atom stereocenters. The minimum Gasteiger partial charge on any atom is -0.497 e. The number of hydrogen-bond acceptors (Lipinski definition) is 5. The maximum atomic E-state index is 6.07. The Bertz CT molecular complexity index is 623. The van der Waals surface area contributed by atoms with Crippen molar-refractivity contribution < 1.29 is 18.9 Å². The van der Waals surface area contributed by atoms with Crippen LogP contribution in [0.4, 0.5) is 0 Å². The van der Waals surface area contributed by atoms with Gasteiger partial charge >= 0.3 is 0 Å². The highest BCUT2D eigenvalue weighted by Crippen LogP contribution is 2.19. The summed E-state index contributed by atoms with van der Waals surface area (Å²) in [5.41, 5.74) is 0. The van der Waals surface area contributed by atoms with Gasteiger partial charge in [-0.25, -0.2) is 0 Å². The molecule has 1 aromatic carbocycles. The van der Waals surface area contributed by atoms with E-state index in [1.165, 1.54) is 0 Å². The number of guanidine groups is 1. The lowest BCUT2D eigenvalue weighted by molar-refractivity contribution is -0.0367. The van der Waals surface area contributed by atoms with Crippen molar-refractivity contribution in [3.05, 3.63) is 24.3 Å². The number of aliphatic imine (C=N–C) groups is 1. The van der Waals surface area contributed by atoms with Crippen LogP contribution in [0.2, 0.25) is 0 Å². The van der Waals surface area contributed by atoms with E-state index in [2.05, 4.69) is 22.1 Å². The van der Waals surface area contributed by atoms with Gasteiger partial charge in [0.2, 0.25) is 0 Å². The van der Waals surface area contributed by atoms with Gasteiger partial charge in [0, 0.05) is 26.7 Å². The maximum absolute atomic E-state index is 6.07. The number of rotatable bonds is 8. The lowest BCUT2D eigenvalue weighted by Crippen LogP contribution is -2.49. The Balaban J connectivity index is 1.36. The third-order valence-electron chi connectivity index (χ3n) is 5.44. The fourth-order valence-electron chi connectivity index (χ4n) is 3.75. The molecule has 0 aromatic heterocycles. The van der Waals surface area contributed by atoms with Crippen molar-refractivity contribution in [2.45, 2.75) is 50.9 Å². The van der Waals surface area contributed by atoms with Crippen molar-refractivity contribution in [1.29, 1.82) is 0 Å². The fourth-order valence-corrected chi connectivity index (χ4v) is 3.75. The molecule has 1 aromatic rings. The zero-order valence-electron chi connectivity index (χ0n) is 17.9. The average molecular weight is 406 g/mol. The second kappa shape index (κ2) is 11.3. The van der Waals surface area contributed by atoms with Crippen LogP contribution in [0.25, 0.3) is 0 Å². The maximum Gasteiger partial charge on any atom is 0.193 e. The van der Waals surface area contributed by atoms with E-state index in [1.54, 1.807) is 7.11 Å². The van der Waals surface area contributed by atoms with Crippen molar-refractivity contribution in [1.82, 2.24) is 10.2 Å². The van der Waals surface area contributed by atoms with Gasteiger partial charge in [-0.1, -0.05) is 0 Å². The predicted octanol–water partition coefficient (Wildman–Crippen LogP) is 2.70. The van der Waals surface area contributed by atoms with E-state index in [9.17, 15) is 0 Å². The van der Waals surface area contributed by atoms with Gasteiger partial charge in [-0.05, 0) is 56.9 Å². The molecule has 7 nitrogen and oxygen atoms in total. The Labute approximate surface area is 174 Å². The molecular weight excluding hydrogens is 370 g/mol. The lowest BCUT2D eigenvalue weighted by Gasteiger charge is -2.34. The molecule has 2 heterocycles. The van der Waals surface area contributed by atoms with E-state index in [4.69, 9.17) is 18.9 Å². The summed E-state index contributed by atoms with van der Waals surface area (Å²) < 4.78 is 22.9. The monoisotopic (exact) mass is 405 g/mol. The minimum absolute atomic E-state index is 0.0208. The van der Waals surface area contributed by atoms with Crippen LogP contribution in [0, 0.1) is 0 Å². The number of piperidine rings is 1. The zero-order chi connectivity index (χ0) is 20.5. The summed E-state index contributed by atoms with van der Waals surface area (Å²) in [6, 6.07) is 7.65. The zero-order valence-corrected chi connectivity index (χ0v) is 17.9. The Morgan fingerprint density at radius 2 is 1.93 bits per heavy atom. The first-order chi connectivity index (χ1) is 14.2. The molecule has 0 amide bonds. The highest BCUT2D eigenvalue weighted by molar-refractivity contribution is 5.80. The van der Waals surface area contributed by atoms with Crippen LogP contribution in [0.1, 0.15) is 32.6 Å². The molecule has 3 rings (SSSR count). The highest BCUT2D eigenvalue weighted by Gasteiger charge is 2.24. The number of ether oxygens (including phenoxy) is 4. The van der Waals surface area contributed by atoms with E-state index in [1.807, 2.05) is 31.3 Å². The lowest BCUT2D eigenvalue weighted by atomic mass is 10.1. The molecular formula is C22H35N3O4. The van der Waals surface area contributed by atoms with E-state index < -0.39 is 0 Å². The number of hydrogen-bond donors (Lipinski definition) is 1. The van der Waals surface area contributed by atoms with Gasteiger partial charge in [0.15, 0.2) is 5.96 Å². The molecule has 0 aliphatic carbocycles. The van der Waals surface area contributed by atoms with Crippen LogP contribution < -0.4 is 14.8 Å². The van der Waals surface area contributed by atoms with Crippen LogP contribution in [0.15, 0.2) is 29.3 Å². The Hall–Kier alpha value is -1.99. The molecule has 2 saturated heterocycles. The number of benzene rings is 1. The van der Waals surface area contributed by atoms with Gasteiger partial charge in [-0.15, -0.1) is 0 Å². The number of likely N-dealkylation sites (tertiary alicyclic amines) is 1. The topological polar surface area (TPSA) is 64.6 Å². The van der Waals surface area contributed by atoms with Crippen LogP contribution >= 0.6 is 0 Å². The average Bonchev–Trinajstić information content (AvgIpc) is 3.28. The molecule has 0 saturated carbocycles. The molecule has 162 valence electrons. The third kappa shape index (κ3) is 6.78. The number of nitrogens with zero attached hydrogens (tertiary/aromatic N) is 2. The number of nitrogens with one attached hydrogen (secondary N) is 1. The fraction of sp³-hybridized carbons (Fsp3) is 0.682. The van der Waals surface area contributed by atoms with Crippen molar-refractivity contribution in [3.8, 4) is 11.5 Å². The first kappa shape index (κ1) is 21.7. The molecule has 2 fully saturated rings. The summed E-state index contributed by atoms with van der Waals surface area (Å²) in [4.78, 5) is 6.74. The predicted molar refractivity (Wildman–Crippen MR) is 114 cm³/mol. The van der Waals surface area contributed by atoms with Gasteiger partial charge in [0.25, 0.3) is 0 Å². The second-order valence-electron chi connectivity index (χ2n) is 7.69. The minimum atomic E-state index is 0.0208. The standard InChI is InChI=1S/C22H35N3O4/c1-17(29-20-8-6-18(26-3)7-9-20)15-24-22(23-2)25-12-10-19(11-13-25)28-16-21-5-4-14-27-21/h6-9,17,19,21H,4-5,10-16H2,1-3H3,(H,23,24). The van der Waals surface area contributed by atoms with Gasteiger partial charge in [0.05, 0.1) is 32.5 Å². The summed E-state index contributed by atoms with van der Waals surface area (Å²) in [7, 11) is 3.49. The molecule has 2 unspecified atom stereocenters. The molecule has 2 aliphatic rings. The summed E-state index contributed by atoms with van der Waals surface area (Å²) in [6.45, 7) is 6.25. The third-order valence-corrected chi connectivity index (χ3v) is 5.44. The van der Waals surface area contributed by atoms with E-state index in [0.29, 0.717) is 18.8 Å². The summed E-state index contributed by atoms with van der Waals surface area (Å²) >= 11 is 0. The Morgan fingerprint density at radius 1 is 1.21 bits per heavy atom. The Kier molecular flexibility index (Phi) is 8.43. The van der Waals surface area contributed by atoms with E-state index in [-0.39, 0.29) is 6.10 Å². The highest BCUT2D eigenvalue weighted by atomic mass is 16.5. The van der Waals surface area contributed by atoms with Crippen LogP contribution in [-0.4, -0.2) is 76.2 Å². The quantitative estimate of drug-likeness (QED) is 0.530. The molecule has 2 aliphatic heterocycles. The van der Waals surface area contributed by atoms with Crippen LogP contribution in [0.5, 0.6) is 11.5 Å².